The largest absolute Gasteiger partial charge is 0.0654 e. The monoisotopic (exact) mass is 405 g/mol. The van der Waals surface area contributed by atoms with Gasteiger partial charge in [0, 0.05) is 0 Å². The van der Waals surface area contributed by atoms with Crippen molar-refractivity contribution >= 4 is 0 Å². The molecule has 0 saturated heterocycles. The van der Waals surface area contributed by atoms with Crippen LogP contribution in [0.3, 0.4) is 0 Å². The normalized spacial score (nSPS) is 11.8. The minimum atomic E-state index is 0.516. The third-order valence-electron chi connectivity index (χ3n) is 6.36. The molecule has 30 heavy (non-hydrogen) atoms. The van der Waals surface area contributed by atoms with Crippen molar-refractivity contribution in [1.29, 1.82) is 0 Å². The molecule has 0 N–H and O–H groups in total. The van der Waals surface area contributed by atoms with Crippen molar-refractivity contribution in [3.63, 3.8) is 0 Å². The fourth-order valence-electron chi connectivity index (χ4n) is 4.85. The Hall–Kier alpha value is -1.56. The standard InChI is InChI=1S/C30H45/c1-8-9-10-11-12-13-14-17-25-18-15-16-19-27(25)28-21-20-26(22(2)3)29(23(4)5)30(28)24(6)7/h15-16,19-24H,8-14,17H2,1-7H3. The Bertz CT molecular complexity index is 764. The van der Waals surface area contributed by atoms with Gasteiger partial charge in [-0.2, -0.15) is 0 Å². The summed E-state index contributed by atoms with van der Waals surface area (Å²) < 4.78 is 0. The molecule has 0 aromatic heterocycles. The molecule has 0 fully saturated rings. The Labute approximate surface area is 187 Å². The van der Waals surface area contributed by atoms with Gasteiger partial charge in [0.25, 0.3) is 0 Å². The highest BCUT2D eigenvalue weighted by Gasteiger charge is 2.21. The predicted molar refractivity (Wildman–Crippen MR) is 135 cm³/mol. The molecule has 0 aliphatic heterocycles. The van der Waals surface area contributed by atoms with Gasteiger partial charge >= 0.3 is 0 Å². The summed E-state index contributed by atoms with van der Waals surface area (Å²) in [7, 11) is 0. The van der Waals surface area contributed by atoms with E-state index in [1.54, 1.807) is 11.1 Å². The zero-order valence-corrected chi connectivity index (χ0v) is 20.8. The average molecular weight is 406 g/mol. The summed E-state index contributed by atoms with van der Waals surface area (Å²) in [6.07, 6.45) is 10.6. The maximum Gasteiger partial charge on any atom is -0.0143 e. The summed E-state index contributed by atoms with van der Waals surface area (Å²) in [5.41, 5.74) is 8.89. The lowest BCUT2D eigenvalue weighted by Crippen LogP contribution is -2.08. The van der Waals surface area contributed by atoms with Crippen LogP contribution in [0, 0.1) is 6.07 Å². The topological polar surface area (TPSA) is 0 Å². The van der Waals surface area contributed by atoms with Gasteiger partial charge in [0.2, 0.25) is 0 Å². The molecule has 0 amide bonds. The third kappa shape index (κ3) is 6.47. The van der Waals surface area contributed by atoms with Gasteiger partial charge in [-0.25, -0.2) is 0 Å². The van der Waals surface area contributed by atoms with Crippen LogP contribution < -0.4 is 0 Å². The van der Waals surface area contributed by atoms with Crippen LogP contribution in [0.4, 0.5) is 0 Å². The molecular weight excluding hydrogens is 360 g/mol. The summed E-state index contributed by atoms with van der Waals surface area (Å²) in [5.74, 6) is 1.62. The van der Waals surface area contributed by atoms with Crippen LogP contribution in [0.25, 0.3) is 11.1 Å². The zero-order valence-electron chi connectivity index (χ0n) is 20.8. The van der Waals surface area contributed by atoms with Crippen LogP contribution in [0.2, 0.25) is 0 Å². The van der Waals surface area contributed by atoms with Crippen molar-refractivity contribution in [2.24, 2.45) is 0 Å². The molecule has 0 nitrogen and oxygen atoms in total. The lowest BCUT2D eigenvalue weighted by molar-refractivity contribution is 0.589. The second-order valence-electron chi connectivity index (χ2n) is 9.93. The van der Waals surface area contributed by atoms with Crippen LogP contribution in [-0.4, -0.2) is 0 Å². The van der Waals surface area contributed by atoms with Gasteiger partial charge in [-0.15, -0.1) is 0 Å². The number of hydrogen-bond donors (Lipinski definition) is 0. The molecule has 0 atom stereocenters. The Morgan fingerprint density at radius 2 is 1.30 bits per heavy atom. The van der Waals surface area contributed by atoms with Gasteiger partial charge in [-0.05, 0) is 70.0 Å². The first kappa shape index (κ1) is 24.7. The van der Waals surface area contributed by atoms with Crippen LogP contribution >= 0.6 is 0 Å². The van der Waals surface area contributed by atoms with Crippen LogP contribution in [0.1, 0.15) is 133 Å². The zero-order chi connectivity index (χ0) is 22.1. The van der Waals surface area contributed by atoms with E-state index in [4.69, 9.17) is 0 Å². The van der Waals surface area contributed by atoms with Crippen molar-refractivity contribution in [3.8, 4) is 11.1 Å². The van der Waals surface area contributed by atoms with E-state index in [2.05, 4.69) is 84.9 Å². The highest BCUT2D eigenvalue weighted by molar-refractivity contribution is 5.73. The van der Waals surface area contributed by atoms with Crippen LogP contribution in [0.15, 0.2) is 30.3 Å². The molecule has 0 aliphatic carbocycles. The molecule has 0 bridgehead atoms. The summed E-state index contributed by atoms with van der Waals surface area (Å²) in [4.78, 5) is 0. The van der Waals surface area contributed by atoms with E-state index >= 15 is 0 Å². The quantitative estimate of drug-likeness (QED) is 0.308. The van der Waals surface area contributed by atoms with Crippen molar-refractivity contribution in [1.82, 2.24) is 0 Å². The number of aryl methyl sites for hydroxylation is 1. The minimum absolute atomic E-state index is 0.516. The van der Waals surface area contributed by atoms with Crippen molar-refractivity contribution in [3.05, 3.63) is 58.7 Å². The van der Waals surface area contributed by atoms with Crippen molar-refractivity contribution in [2.45, 2.75) is 118 Å². The van der Waals surface area contributed by atoms with Gasteiger partial charge in [0.05, 0.1) is 0 Å². The Balaban J connectivity index is 2.32. The second-order valence-corrected chi connectivity index (χ2v) is 9.93. The third-order valence-corrected chi connectivity index (χ3v) is 6.36. The lowest BCUT2D eigenvalue weighted by atomic mass is 9.78. The molecule has 1 radical (unpaired) electrons. The molecule has 0 aliphatic rings. The summed E-state index contributed by atoms with van der Waals surface area (Å²) in [5, 5.41) is 0. The smallest absolute Gasteiger partial charge is 0.0143 e. The highest BCUT2D eigenvalue weighted by atomic mass is 14.3. The number of rotatable bonds is 12. The maximum atomic E-state index is 3.60. The van der Waals surface area contributed by atoms with Gasteiger partial charge in [0.1, 0.15) is 0 Å². The van der Waals surface area contributed by atoms with E-state index in [-0.39, 0.29) is 0 Å². The molecule has 165 valence electrons. The van der Waals surface area contributed by atoms with E-state index in [0.717, 1.165) is 6.42 Å². The fraction of sp³-hybridized carbons (Fsp3) is 0.600. The van der Waals surface area contributed by atoms with Crippen molar-refractivity contribution < 1.29 is 0 Å². The lowest BCUT2D eigenvalue weighted by Gasteiger charge is -2.26. The van der Waals surface area contributed by atoms with Gasteiger partial charge in [-0.1, -0.05) is 117 Å². The van der Waals surface area contributed by atoms with Crippen LogP contribution in [-0.2, 0) is 6.42 Å². The minimum Gasteiger partial charge on any atom is -0.0654 e. The predicted octanol–water partition coefficient (Wildman–Crippen LogP) is 9.82. The summed E-state index contributed by atoms with van der Waals surface area (Å²) in [6, 6.07) is 15.0. The molecule has 0 heteroatoms. The first-order chi connectivity index (χ1) is 14.4. The Morgan fingerprint density at radius 1 is 0.667 bits per heavy atom. The van der Waals surface area contributed by atoms with Gasteiger partial charge in [0.15, 0.2) is 0 Å². The first-order valence-corrected chi connectivity index (χ1v) is 12.5. The van der Waals surface area contributed by atoms with Gasteiger partial charge < -0.3 is 0 Å². The van der Waals surface area contributed by atoms with E-state index in [1.807, 2.05) is 0 Å². The number of unbranched alkanes of at least 4 members (excludes halogenated alkanes) is 6. The molecule has 2 aromatic carbocycles. The molecule has 2 rings (SSSR count). The Morgan fingerprint density at radius 3 is 1.90 bits per heavy atom. The Kier molecular flexibility index (Phi) is 10.2. The van der Waals surface area contributed by atoms with E-state index in [0.29, 0.717) is 17.8 Å². The average Bonchev–Trinajstić information content (AvgIpc) is 2.72. The summed E-state index contributed by atoms with van der Waals surface area (Å²) in [6.45, 7) is 16.4. The molecule has 0 spiro atoms. The highest BCUT2D eigenvalue weighted by Crippen LogP contribution is 2.40. The molecule has 2 aromatic rings. The first-order valence-electron chi connectivity index (χ1n) is 12.5. The van der Waals surface area contributed by atoms with Crippen LogP contribution in [0.5, 0.6) is 0 Å². The van der Waals surface area contributed by atoms with Gasteiger partial charge in [-0.3, -0.25) is 0 Å². The molecule has 0 unspecified atom stereocenters. The van der Waals surface area contributed by atoms with E-state index < -0.39 is 0 Å². The molecule has 0 heterocycles. The second kappa shape index (κ2) is 12.3. The summed E-state index contributed by atoms with van der Waals surface area (Å²) >= 11 is 0. The maximum absolute atomic E-state index is 3.60. The SMILES string of the molecule is CCCCCCCCCc1[c]cccc1-c1ccc(C(C)C)c(C(C)C)c1C(C)C. The van der Waals surface area contributed by atoms with Crippen molar-refractivity contribution in [2.75, 3.05) is 0 Å². The van der Waals surface area contributed by atoms with E-state index in [1.165, 1.54) is 67.2 Å². The number of benzene rings is 2. The number of hydrogen-bond acceptors (Lipinski definition) is 0. The fourth-order valence-corrected chi connectivity index (χ4v) is 4.85. The molecule has 0 saturated carbocycles. The molecular formula is C30H45. The van der Waals surface area contributed by atoms with E-state index in [9.17, 15) is 0 Å².